The second-order valence-corrected chi connectivity index (χ2v) is 6.80. The normalized spacial score (nSPS) is 11.7. The minimum absolute atomic E-state index is 0.309. The van der Waals surface area contributed by atoms with Gasteiger partial charge in [-0.3, -0.25) is 10.1 Å². The number of carbonyl (C=O) groups is 1. The van der Waals surface area contributed by atoms with Crippen LogP contribution in [-0.2, 0) is 4.79 Å². The van der Waals surface area contributed by atoms with E-state index in [0.29, 0.717) is 15.9 Å². The van der Waals surface area contributed by atoms with Crippen LogP contribution in [0.2, 0.25) is 5.02 Å². The Morgan fingerprint density at radius 3 is 3.05 bits per heavy atom. The van der Waals surface area contributed by atoms with Gasteiger partial charge >= 0.3 is 0 Å². The molecule has 116 valence electrons. The van der Waals surface area contributed by atoms with E-state index in [2.05, 4.69) is 22.1 Å². The number of hydrogen-bond acceptors (Lipinski definition) is 6. The fraction of sp³-hybridized carbons (Fsp3) is 0.214. The van der Waals surface area contributed by atoms with E-state index in [0.717, 1.165) is 10.1 Å². The molecule has 1 N–H and O–H groups in total. The Labute approximate surface area is 141 Å². The molecule has 0 bridgehead atoms. The highest BCUT2D eigenvalue weighted by Gasteiger charge is 2.18. The summed E-state index contributed by atoms with van der Waals surface area (Å²) in [5.74, 6) is 0.900. The number of carbonyl (C=O) groups excluding carboxylic acids is 1. The molecule has 1 aromatic heterocycles. The van der Waals surface area contributed by atoms with Crippen LogP contribution in [0.3, 0.4) is 0 Å². The maximum absolute atomic E-state index is 12.1. The van der Waals surface area contributed by atoms with Gasteiger partial charge in [-0.25, -0.2) is 0 Å². The molecule has 1 aromatic carbocycles. The fourth-order valence-electron chi connectivity index (χ4n) is 1.44. The molecule has 0 aliphatic rings. The van der Waals surface area contributed by atoms with Crippen molar-refractivity contribution in [3.8, 4) is 5.75 Å². The van der Waals surface area contributed by atoms with E-state index in [-0.39, 0.29) is 5.91 Å². The Morgan fingerprint density at radius 2 is 2.32 bits per heavy atom. The predicted molar refractivity (Wildman–Crippen MR) is 91.0 cm³/mol. The van der Waals surface area contributed by atoms with Crippen LogP contribution >= 0.6 is 34.7 Å². The predicted octanol–water partition coefficient (Wildman–Crippen LogP) is 3.88. The van der Waals surface area contributed by atoms with Crippen molar-refractivity contribution in [1.82, 2.24) is 10.2 Å². The van der Waals surface area contributed by atoms with E-state index in [9.17, 15) is 4.79 Å². The molecule has 0 unspecified atom stereocenters. The van der Waals surface area contributed by atoms with Gasteiger partial charge in [0.1, 0.15) is 5.75 Å². The van der Waals surface area contributed by atoms with Gasteiger partial charge in [0.2, 0.25) is 5.13 Å². The van der Waals surface area contributed by atoms with Gasteiger partial charge in [0, 0.05) is 5.75 Å². The van der Waals surface area contributed by atoms with Crippen LogP contribution in [0.25, 0.3) is 0 Å². The fourth-order valence-corrected chi connectivity index (χ4v) is 3.14. The summed E-state index contributed by atoms with van der Waals surface area (Å²) in [4.78, 5) is 12.1. The molecule has 2 aromatic rings. The third-order valence-corrected chi connectivity index (χ3v) is 4.75. The molecule has 0 spiro atoms. The zero-order chi connectivity index (χ0) is 15.9. The van der Waals surface area contributed by atoms with Gasteiger partial charge in [-0.15, -0.1) is 16.8 Å². The maximum Gasteiger partial charge on any atom is 0.266 e. The standard InChI is InChI=1S/C14H14ClN3O2S2/c1-3-8-21-14-18-17-13(22-14)16-12(19)9(2)20-11-7-5-4-6-10(11)15/h3-7,9H,1,8H2,2H3,(H,16,17,19)/t9-/m0/s1. The van der Waals surface area contributed by atoms with Crippen LogP contribution in [-0.4, -0.2) is 28.0 Å². The van der Waals surface area contributed by atoms with Gasteiger partial charge in [-0.1, -0.05) is 52.9 Å². The van der Waals surface area contributed by atoms with E-state index in [4.69, 9.17) is 16.3 Å². The number of ether oxygens (including phenoxy) is 1. The second-order valence-electron chi connectivity index (χ2n) is 4.15. The second kappa shape index (κ2) is 8.17. The SMILES string of the molecule is C=CCSc1nnc(NC(=O)[C@H](C)Oc2ccccc2Cl)s1. The zero-order valence-electron chi connectivity index (χ0n) is 11.8. The Morgan fingerprint density at radius 1 is 1.55 bits per heavy atom. The molecule has 22 heavy (non-hydrogen) atoms. The van der Waals surface area contributed by atoms with Crippen LogP contribution in [0.4, 0.5) is 5.13 Å². The third-order valence-electron chi connectivity index (χ3n) is 2.47. The van der Waals surface area contributed by atoms with Crippen LogP contribution in [0.1, 0.15) is 6.92 Å². The Hall–Kier alpha value is -1.57. The van der Waals surface area contributed by atoms with Crippen molar-refractivity contribution in [3.05, 3.63) is 41.9 Å². The summed E-state index contributed by atoms with van der Waals surface area (Å²) in [6.45, 7) is 5.29. The van der Waals surface area contributed by atoms with Crippen LogP contribution < -0.4 is 10.1 Å². The van der Waals surface area contributed by atoms with Crippen LogP contribution in [0, 0.1) is 0 Å². The molecule has 0 saturated heterocycles. The number of thioether (sulfide) groups is 1. The molecule has 0 radical (unpaired) electrons. The first-order valence-corrected chi connectivity index (χ1v) is 8.57. The molecule has 2 rings (SSSR count). The highest BCUT2D eigenvalue weighted by Crippen LogP contribution is 2.26. The topological polar surface area (TPSA) is 64.1 Å². The minimum atomic E-state index is -0.701. The molecule has 1 heterocycles. The number of hydrogen-bond donors (Lipinski definition) is 1. The molecule has 1 atom stereocenters. The van der Waals surface area contributed by atoms with Crippen LogP contribution in [0.5, 0.6) is 5.75 Å². The summed E-state index contributed by atoms with van der Waals surface area (Å²) >= 11 is 8.81. The summed E-state index contributed by atoms with van der Waals surface area (Å²) in [6, 6.07) is 7.00. The van der Waals surface area contributed by atoms with Gasteiger partial charge in [-0.2, -0.15) is 0 Å². The summed E-state index contributed by atoms with van der Waals surface area (Å²) < 4.78 is 6.32. The highest BCUT2D eigenvalue weighted by atomic mass is 35.5. The number of rotatable bonds is 7. The maximum atomic E-state index is 12.1. The molecule has 5 nitrogen and oxygen atoms in total. The molecular formula is C14H14ClN3O2S2. The molecule has 0 saturated carbocycles. The van der Waals surface area contributed by atoms with Gasteiger partial charge in [-0.05, 0) is 19.1 Å². The van der Waals surface area contributed by atoms with Gasteiger partial charge in [0.05, 0.1) is 5.02 Å². The van der Waals surface area contributed by atoms with E-state index in [1.165, 1.54) is 23.1 Å². The lowest BCUT2D eigenvalue weighted by Gasteiger charge is -2.14. The first kappa shape index (κ1) is 16.8. The summed E-state index contributed by atoms with van der Waals surface area (Å²) in [5, 5.41) is 11.5. The van der Waals surface area contributed by atoms with Gasteiger partial charge in [0.15, 0.2) is 10.4 Å². The molecule has 0 fully saturated rings. The van der Waals surface area contributed by atoms with Crippen molar-refractivity contribution in [2.45, 2.75) is 17.4 Å². The van der Waals surface area contributed by atoms with E-state index in [1.54, 1.807) is 37.3 Å². The quantitative estimate of drug-likeness (QED) is 0.464. The number of benzene rings is 1. The van der Waals surface area contributed by atoms with E-state index < -0.39 is 6.10 Å². The molecular weight excluding hydrogens is 342 g/mol. The number of nitrogens with zero attached hydrogens (tertiary/aromatic N) is 2. The van der Waals surface area contributed by atoms with Crippen molar-refractivity contribution in [2.24, 2.45) is 0 Å². The highest BCUT2D eigenvalue weighted by molar-refractivity contribution is 8.01. The lowest BCUT2D eigenvalue weighted by Crippen LogP contribution is -2.30. The first-order chi connectivity index (χ1) is 10.6. The summed E-state index contributed by atoms with van der Waals surface area (Å²) in [5.41, 5.74) is 0. The first-order valence-electron chi connectivity index (χ1n) is 6.39. The van der Waals surface area contributed by atoms with Crippen molar-refractivity contribution in [2.75, 3.05) is 11.1 Å². The Bertz CT molecular complexity index is 663. The summed E-state index contributed by atoms with van der Waals surface area (Å²) in [7, 11) is 0. The Balaban J connectivity index is 1.92. The van der Waals surface area contributed by atoms with Crippen molar-refractivity contribution >= 4 is 45.7 Å². The molecule has 0 aliphatic carbocycles. The number of amides is 1. The molecule has 8 heteroatoms. The number of halogens is 1. The van der Waals surface area contributed by atoms with Crippen molar-refractivity contribution < 1.29 is 9.53 Å². The Kier molecular flexibility index (Phi) is 6.23. The van der Waals surface area contributed by atoms with E-state index >= 15 is 0 Å². The van der Waals surface area contributed by atoms with E-state index in [1.807, 2.05) is 0 Å². The largest absolute Gasteiger partial charge is 0.479 e. The smallest absolute Gasteiger partial charge is 0.266 e. The van der Waals surface area contributed by atoms with Gasteiger partial charge < -0.3 is 4.74 Å². The van der Waals surface area contributed by atoms with Crippen molar-refractivity contribution in [3.63, 3.8) is 0 Å². The number of aromatic nitrogens is 2. The van der Waals surface area contributed by atoms with Crippen molar-refractivity contribution in [1.29, 1.82) is 0 Å². The zero-order valence-corrected chi connectivity index (χ0v) is 14.2. The molecule has 1 amide bonds. The number of nitrogens with one attached hydrogen (secondary N) is 1. The minimum Gasteiger partial charge on any atom is -0.479 e. The van der Waals surface area contributed by atoms with Gasteiger partial charge in [0.25, 0.3) is 5.91 Å². The average Bonchev–Trinajstić information content (AvgIpc) is 2.94. The third kappa shape index (κ3) is 4.72. The average molecular weight is 356 g/mol. The van der Waals surface area contributed by atoms with Crippen LogP contribution in [0.15, 0.2) is 41.3 Å². The lowest BCUT2D eigenvalue weighted by molar-refractivity contribution is -0.122. The number of anilines is 1. The number of para-hydroxylation sites is 1. The monoisotopic (exact) mass is 355 g/mol. The molecule has 0 aliphatic heterocycles. The lowest BCUT2D eigenvalue weighted by atomic mass is 10.3. The summed E-state index contributed by atoms with van der Waals surface area (Å²) in [6.07, 6.45) is 1.08.